The normalized spacial score (nSPS) is 14.4. The van der Waals surface area contributed by atoms with Crippen molar-refractivity contribution in [3.63, 3.8) is 0 Å². The van der Waals surface area contributed by atoms with Gasteiger partial charge in [0.1, 0.15) is 0 Å². The van der Waals surface area contributed by atoms with Crippen LogP contribution in [0.1, 0.15) is 52.0 Å². The Hall–Kier alpha value is -3.56. The number of nitrogens with one attached hydrogen (secondary N) is 1. The summed E-state index contributed by atoms with van der Waals surface area (Å²) in [6, 6.07) is 4.18. The van der Waals surface area contributed by atoms with Gasteiger partial charge in [-0.1, -0.05) is 0 Å². The molecule has 1 aromatic carbocycles. The molecular weight excluding hydrogens is 435 g/mol. The minimum Gasteiger partial charge on any atom is -0.492 e. The van der Waals surface area contributed by atoms with E-state index in [0.717, 1.165) is 0 Å². The first-order chi connectivity index (χ1) is 15.8. The fraction of sp³-hybridized carbons (Fsp3) is 0.348. The number of rotatable bonds is 7. The van der Waals surface area contributed by atoms with E-state index in [2.05, 4.69) is 15.3 Å². The van der Waals surface area contributed by atoms with Gasteiger partial charge in [-0.3, -0.25) is 4.79 Å². The topological polar surface area (TPSA) is 72.3 Å². The number of imidazole rings is 1. The highest BCUT2D eigenvalue weighted by Gasteiger charge is 2.32. The number of anilines is 1. The Bertz CT molecular complexity index is 1180. The predicted octanol–water partition coefficient (Wildman–Crippen LogP) is 4.21. The van der Waals surface area contributed by atoms with Gasteiger partial charge in [0.05, 0.1) is 19.7 Å². The number of carbonyl (C=O) groups excluding carboxylic acids is 1. The number of pyridine rings is 1. The minimum atomic E-state index is -2.70. The molecule has 2 aromatic heterocycles. The van der Waals surface area contributed by atoms with Gasteiger partial charge in [0.2, 0.25) is 5.95 Å². The standard InChI is InChI=1S/C23H24F3N5O2/c1-13(15-10-19(33-3)21(26)29-11-15)31-6-4-16-17(20(24)25)8-14(9-18(16)22(31)32)12-30-7-5-28-23(30)27-2/h5,7-11,13,20H,4,6,12H2,1-3H3,(H,27,28)/t13-/m0/s1. The zero-order chi connectivity index (χ0) is 23.7. The van der Waals surface area contributed by atoms with Crippen LogP contribution in [0.2, 0.25) is 0 Å². The number of alkyl halides is 2. The first-order valence-corrected chi connectivity index (χ1v) is 10.5. The van der Waals surface area contributed by atoms with Crippen molar-refractivity contribution in [3.8, 4) is 5.75 Å². The first kappa shape index (κ1) is 22.6. The molecule has 4 rings (SSSR count). The summed E-state index contributed by atoms with van der Waals surface area (Å²) < 4.78 is 48.3. The number of nitrogens with zero attached hydrogens (tertiary/aromatic N) is 4. The van der Waals surface area contributed by atoms with Gasteiger partial charge in [-0.05, 0) is 48.2 Å². The number of halogens is 3. The number of fused-ring (bicyclic) bond motifs is 1. The minimum absolute atomic E-state index is 0.0212. The molecule has 3 aromatic rings. The second kappa shape index (κ2) is 9.13. The highest BCUT2D eigenvalue weighted by atomic mass is 19.3. The van der Waals surface area contributed by atoms with E-state index in [-0.39, 0.29) is 35.9 Å². The van der Waals surface area contributed by atoms with Gasteiger partial charge in [0.15, 0.2) is 5.75 Å². The molecule has 0 fully saturated rings. The SMILES string of the molecule is CNc1nccn1Cc1cc2c(c(C(F)F)c1)CCN([C@@H](C)c1cnc(F)c(OC)c1)C2=O. The third-order valence-electron chi connectivity index (χ3n) is 5.96. The first-order valence-electron chi connectivity index (χ1n) is 10.5. The van der Waals surface area contributed by atoms with Crippen molar-refractivity contribution in [1.29, 1.82) is 0 Å². The van der Waals surface area contributed by atoms with Crippen molar-refractivity contribution in [3.05, 3.63) is 70.6 Å². The van der Waals surface area contributed by atoms with Crippen LogP contribution < -0.4 is 10.1 Å². The van der Waals surface area contributed by atoms with E-state index in [9.17, 15) is 18.0 Å². The van der Waals surface area contributed by atoms with Crippen LogP contribution in [-0.2, 0) is 13.0 Å². The van der Waals surface area contributed by atoms with E-state index in [1.54, 1.807) is 41.9 Å². The average molecular weight is 459 g/mol. The largest absolute Gasteiger partial charge is 0.492 e. The van der Waals surface area contributed by atoms with Crippen LogP contribution in [0.25, 0.3) is 0 Å². The Labute approximate surface area is 189 Å². The number of ether oxygens (including phenoxy) is 1. The second-order valence-electron chi connectivity index (χ2n) is 7.83. The Morgan fingerprint density at radius 1 is 1.24 bits per heavy atom. The maximum absolute atomic E-state index is 13.9. The molecule has 1 aliphatic heterocycles. The van der Waals surface area contributed by atoms with Gasteiger partial charge >= 0.3 is 0 Å². The molecule has 1 atom stereocenters. The lowest BCUT2D eigenvalue weighted by molar-refractivity contribution is 0.0669. The van der Waals surface area contributed by atoms with Gasteiger partial charge < -0.3 is 19.5 Å². The van der Waals surface area contributed by atoms with Crippen LogP contribution >= 0.6 is 0 Å². The van der Waals surface area contributed by atoms with Gasteiger partial charge in [0.25, 0.3) is 18.3 Å². The van der Waals surface area contributed by atoms with Crippen LogP contribution in [0, 0.1) is 5.95 Å². The molecule has 0 unspecified atom stereocenters. The molecule has 0 saturated heterocycles. The summed E-state index contributed by atoms with van der Waals surface area (Å²) in [5, 5.41) is 2.94. The summed E-state index contributed by atoms with van der Waals surface area (Å²) in [5.41, 5.74) is 1.67. The maximum atomic E-state index is 13.9. The summed E-state index contributed by atoms with van der Waals surface area (Å²) in [4.78, 5) is 22.9. The Kier molecular flexibility index (Phi) is 6.26. The molecule has 7 nitrogen and oxygen atoms in total. The zero-order valence-corrected chi connectivity index (χ0v) is 18.5. The number of aromatic nitrogens is 3. The third kappa shape index (κ3) is 4.24. The fourth-order valence-electron chi connectivity index (χ4n) is 4.23. The van der Waals surface area contributed by atoms with E-state index in [1.165, 1.54) is 25.4 Å². The quantitative estimate of drug-likeness (QED) is 0.536. The summed E-state index contributed by atoms with van der Waals surface area (Å²) >= 11 is 0. The molecule has 0 bridgehead atoms. The van der Waals surface area contributed by atoms with Crippen molar-refractivity contribution in [2.45, 2.75) is 32.4 Å². The zero-order valence-electron chi connectivity index (χ0n) is 18.5. The molecular formula is C23H24F3N5O2. The van der Waals surface area contributed by atoms with Crippen molar-refractivity contribution in [2.24, 2.45) is 0 Å². The van der Waals surface area contributed by atoms with Crippen molar-refractivity contribution in [2.75, 3.05) is 26.0 Å². The van der Waals surface area contributed by atoms with Gasteiger partial charge in [-0.2, -0.15) is 4.39 Å². The molecule has 33 heavy (non-hydrogen) atoms. The highest BCUT2D eigenvalue weighted by molar-refractivity contribution is 5.97. The predicted molar refractivity (Wildman–Crippen MR) is 116 cm³/mol. The van der Waals surface area contributed by atoms with E-state index in [0.29, 0.717) is 29.1 Å². The van der Waals surface area contributed by atoms with E-state index < -0.39 is 18.4 Å². The lowest BCUT2D eigenvalue weighted by atomic mass is 9.90. The third-order valence-corrected chi connectivity index (χ3v) is 5.96. The number of carbonyl (C=O) groups is 1. The average Bonchev–Trinajstić information content (AvgIpc) is 3.26. The molecule has 1 amide bonds. The van der Waals surface area contributed by atoms with Crippen molar-refractivity contribution in [1.82, 2.24) is 19.4 Å². The monoisotopic (exact) mass is 459 g/mol. The van der Waals surface area contributed by atoms with E-state index >= 15 is 0 Å². The van der Waals surface area contributed by atoms with Gasteiger partial charge in [-0.15, -0.1) is 0 Å². The Balaban J connectivity index is 1.69. The molecule has 3 heterocycles. The highest BCUT2D eigenvalue weighted by Crippen LogP contribution is 2.35. The fourth-order valence-corrected chi connectivity index (χ4v) is 4.23. The summed E-state index contributed by atoms with van der Waals surface area (Å²) in [6.07, 6.45) is 2.29. The van der Waals surface area contributed by atoms with Crippen LogP contribution in [0.5, 0.6) is 5.75 Å². The maximum Gasteiger partial charge on any atom is 0.264 e. The molecule has 0 saturated carbocycles. The van der Waals surface area contributed by atoms with Crippen LogP contribution in [0.4, 0.5) is 19.1 Å². The van der Waals surface area contributed by atoms with E-state index in [1.807, 2.05) is 0 Å². The van der Waals surface area contributed by atoms with E-state index in [4.69, 9.17) is 4.74 Å². The summed E-state index contributed by atoms with van der Waals surface area (Å²) in [5.74, 6) is -0.525. The molecule has 0 spiro atoms. The van der Waals surface area contributed by atoms with Gasteiger partial charge in [0, 0.05) is 43.3 Å². The molecule has 174 valence electrons. The second-order valence-corrected chi connectivity index (χ2v) is 7.83. The summed E-state index contributed by atoms with van der Waals surface area (Å²) in [7, 11) is 3.06. The lowest BCUT2D eigenvalue weighted by Gasteiger charge is -2.35. The van der Waals surface area contributed by atoms with Crippen LogP contribution in [-0.4, -0.2) is 46.0 Å². The van der Waals surface area contributed by atoms with Crippen molar-refractivity contribution >= 4 is 11.9 Å². The molecule has 0 radical (unpaired) electrons. The lowest BCUT2D eigenvalue weighted by Crippen LogP contribution is -2.40. The van der Waals surface area contributed by atoms with Crippen molar-refractivity contribution < 1.29 is 22.7 Å². The van der Waals surface area contributed by atoms with Crippen LogP contribution in [0.3, 0.4) is 0 Å². The Morgan fingerprint density at radius 2 is 2.03 bits per heavy atom. The van der Waals surface area contributed by atoms with Crippen LogP contribution in [0.15, 0.2) is 36.8 Å². The smallest absolute Gasteiger partial charge is 0.264 e. The molecule has 0 aliphatic carbocycles. The van der Waals surface area contributed by atoms with Gasteiger partial charge in [-0.25, -0.2) is 18.7 Å². The Morgan fingerprint density at radius 3 is 2.73 bits per heavy atom. The number of hydrogen-bond donors (Lipinski definition) is 1. The molecule has 1 aliphatic rings. The number of amides is 1. The molecule has 10 heteroatoms. The summed E-state index contributed by atoms with van der Waals surface area (Å²) in [6.45, 7) is 2.34. The number of hydrogen-bond acceptors (Lipinski definition) is 5. The number of benzene rings is 1. The molecule has 1 N–H and O–H groups in total. The number of methoxy groups -OCH3 is 1.